The molecule has 1 aromatic heterocycles. The molecule has 0 bridgehead atoms. The lowest BCUT2D eigenvalue weighted by Gasteiger charge is -2.20. The van der Waals surface area contributed by atoms with Crippen molar-refractivity contribution in [3.05, 3.63) is 48.7 Å². The Morgan fingerprint density at radius 2 is 1.78 bits per heavy atom. The highest BCUT2D eigenvalue weighted by atomic mass is 32.2. The minimum absolute atomic E-state index is 0.0409. The molecule has 2 aromatic carbocycles. The van der Waals surface area contributed by atoms with Crippen LogP contribution in [0, 0.1) is 5.92 Å². The number of thiazole rings is 1. The van der Waals surface area contributed by atoms with Gasteiger partial charge in [-0.25, -0.2) is 4.98 Å². The normalized spacial score (nSPS) is 12.0. The first kappa shape index (κ1) is 28.1. The predicted octanol–water partition coefficient (Wildman–Crippen LogP) is 5.74. The average Bonchev–Trinajstić information content (AvgIpc) is 3.29. The van der Waals surface area contributed by atoms with E-state index in [2.05, 4.69) is 39.5 Å². The summed E-state index contributed by atoms with van der Waals surface area (Å²) in [6.07, 6.45) is 1.87. The van der Waals surface area contributed by atoms with Crippen LogP contribution in [0.4, 0.5) is 11.4 Å². The first-order chi connectivity index (χ1) is 17.2. The Morgan fingerprint density at radius 3 is 2.39 bits per heavy atom. The molecule has 7 nitrogen and oxygen atoms in total. The predicted molar refractivity (Wildman–Crippen MR) is 156 cm³/mol. The summed E-state index contributed by atoms with van der Waals surface area (Å²) < 4.78 is 3.36. The van der Waals surface area contributed by atoms with Crippen molar-refractivity contribution in [2.75, 3.05) is 17.2 Å². The fourth-order valence-electron chi connectivity index (χ4n) is 3.27. The maximum atomic E-state index is 11.6. The molecule has 0 fully saturated rings. The van der Waals surface area contributed by atoms with Gasteiger partial charge in [0, 0.05) is 52.6 Å². The highest BCUT2D eigenvalue weighted by Crippen LogP contribution is 2.38. The Kier molecular flexibility index (Phi) is 10.3. The van der Waals surface area contributed by atoms with Crippen LogP contribution in [0.15, 0.2) is 53.6 Å². The summed E-state index contributed by atoms with van der Waals surface area (Å²) in [4.78, 5) is 18.2. The number of thiocarbonyl (C=S) groups is 1. The summed E-state index contributed by atoms with van der Waals surface area (Å²) in [5, 5.41) is 20.4. The van der Waals surface area contributed by atoms with E-state index in [-0.39, 0.29) is 30.5 Å². The summed E-state index contributed by atoms with van der Waals surface area (Å²) in [6, 6.07) is 14.0. The summed E-state index contributed by atoms with van der Waals surface area (Å²) in [5.41, 5.74) is 3.66. The van der Waals surface area contributed by atoms with Gasteiger partial charge in [0.25, 0.3) is 0 Å². The molecule has 1 atom stereocenters. The second-order valence-corrected chi connectivity index (χ2v) is 11.3. The maximum Gasteiger partial charge on any atom is 0.221 e. The fourth-order valence-corrected chi connectivity index (χ4v) is 5.75. The monoisotopic (exact) mass is 543 g/mol. The van der Waals surface area contributed by atoms with Gasteiger partial charge in [-0.1, -0.05) is 19.9 Å². The molecule has 3 aromatic rings. The minimum Gasteiger partial charge on any atom is -0.395 e. The van der Waals surface area contributed by atoms with E-state index in [0.29, 0.717) is 5.11 Å². The van der Waals surface area contributed by atoms with E-state index < -0.39 is 0 Å². The lowest BCUT2D eigenvalue weighted by atomic mass is 10.1. The fraction of sp³-hybridized carbons (Fsp3) is 0.346. The Labute approximate surface area is 226 Å². The smallest absolute Gasteiger partial charge is 0.221 e. The number of carbonyl (C=O) groups excluding carboxylic acids is 1. The van der Waals surface area contributed by atoms with Crippen molar-refractivity contribution < 1.29 is 9.90 Å². The average molecular weight is 544 g/mol. The highest BCUT2D eigenvalue weighted by molar-refractivity contribution is 7.97. The summed E-state index contributed by atoms with van der Waals surface area (Å²) in [7, 11) is 0. The van der Waals surface area contributed by atoms with Gasteiger partial charge in [-0.2, -0.15) is 0 Å². The molecule has 10 heteroatoms. The number of aliphatic hydroxyl groups is 1. The molecule has 0 aliphatic heterocycles. The van der Waals surface area contributed by atoms with Crippen molar-refractivity contribution in [3.63, 3.8) is 0 Å². The molecule has 1 unspecified atom stereocenters. The van der Waals surface area contributed by atoms with Gasteiger partial charge in [-0.05, 0) is 80.3 Å². The second-order valence-electron chi connectivity index (χ2n) is 9.01. The number of aromatic nitrogens is 1. The van der Waals surface area contributed by atoms with Crippen LogP contribution in [0.5, 0.6) is 0 Å². The van der Waals surface area contributed by atoms with Crippen LogP contribution in [0.3, 0.4) is 0 Å². The van der Waals surface area contributed by atoms with Gasteiger partial charge in [0.05, 0.1) is 11.5 Å². The number of benzene rings is 2. The van der Waals surface area contributed by atoms with E-state index in [1.165, 1.54) is 18.9 Å². The van der Waals surface area contributed by atoms with Crippen molar-refractivity contribution in [3.8, 4) is 21.0 Å². The standard InChI is InChI=1S/C26H33N5O2S3/c1-15(2)22(14-32)31-36-23-12-20(29-17(5)33)10-11-21(23)24-13-27-25(35-24)18-6-8-19(9-7-18)30-26(34)28-16(3)4/h6-13,15-16,22,31-32H,14H2,1-5H3,(H,29,33)(H2,28,30,34). The molecule has 0 spiro atoms. The second kappa shape index (κ2) is 13.2. The number of nitrogens with zero attached hydrogens (tertiary/aromatic N) is 1. The van der Waals surface area contributed by atoms with E-state index in [1.807, 2.05) is 62.5 Å². The van der Waals surface area contributed by atoms with Crippen LogP contribution >= 0.6 is 35.5 Å². The molecule has 0 aliphatic rings. The first-order valence-electron chi connectivity index (χ1n) is 11.7. The molecular formula is C26H33N5O2S3. The lowest BCUT2D eigenvalue weighted by Crippen LogP contribution is -2.33. The van der Waals surface area contributed by atoms with E-state index in [0.717, 1.165) is 37.3 Å². The number of hydrogen-bond donors (Lipinski definition) is 5. The van der Waals surface area contributed by atoms with Crippen molar-refractivity contribution in [1.82, 2.24) is 15.0 Å². The van der Waals surface area contributed by atoms with Gasteiger partial charge in [-0.3, -0.25) is 9.52 Å². The SMILES string of the molecule is CC(=O)Nc1ccc(-c2cnc(-c3ccc(NC(=S)NC(C)C)cc3)s2)c(SNC(CO)C(C)C)c1. The zero-order valence-electron chi connectivity index (χ0n) is 21.1. The topological polar surface area (TPSA) is 98.3 Å². The summed E-state index contributed by atoms with van der Waals surface area (Å²) in [6.45, 7) is 9.74. The number of rotatable bonds is 10. The molecule has 5 N–H and O–H groups in total. The molecule has 0 saturated heterocycles. The number of aliphatic hydroxyl groups excluding tert-OH is 1. The van der Waals surface area contributed by atoms with Gasteiger partial charge >= 0.3 is 0 Å². The van der Waals surface area contributed by atoms with Crippen molar-refractivity contribution in [2.24, 2.45) is 5.92 Å². The number of nitrogens with one attached hydrogen (secondary N) is 4. The van der Waals surface area contributed by atoms with Crippen LogP contribution < -0.4 is 20.7 Å². The van der Waals surface area contributed by atoms with Crippen molar-refractivity contribution >= 4 is 57.9 Å². The van der Waals surface area contributed by atoms with E-state index in [9.17, 15) is 9.90 Å². The van der Waals surface area contributed by atoms with Crippen LogP contribution in [0.2, 0.25) is 0 Å². The molecule has 192 valence electrons. The Balaban J connectivity index is 1.83. The van der Waals surface area contributed by atoms with Gasteiger partial charge in [0.2, 0.25) is 5.91 Å². The van der Waals surface area contributed by atoms with E-state index >= 15 is 0 Å². The first-order valence-corrected chi connectivity index (χ1v) is 13.8. The van der Waals surface area contributed by atoms with Gasteiger partial charge in [0.1, 0.15) is 5.01 Å². The van der Waals surface area contributed by atoms with E-state index in [4.69, 9.17) is 12.2 Å². The van der Waals surface area contributed by atoms with E-state index in [1.54, 1.807) is 11.3 Å². The number of anilines is 2. The van der Waals surface area contributed by atoms with Crippen LogP contribution in [0.25, 0.3) is 21.0 Å². The molecule has 36 heavy (non-hydrogen) atoms. The molecule has 0 saturated carbocycles. The van der Waals surface area contributed by atoms with Gasteiger partial charge < -0.3 is 21.1 Å². The van der Waals surface area contributed by atoms with Crippen molar-refractivity contribution in [2.45, 2.75) is 51.6 Å². The molecule has 1 amide bonds. The Hall–Kier alpha value is -2.50. The third-order valence-electron chi connectivity index (χ3n) is 5.20. The zero-order valence-corrected chi connectivity index (χ0v) is 23.5. The van der Waals surface area contributed by atoms with Gasteiger partial charge in [-0.15, -0.1) is 11.3 Å². The molecule has 0 radical (unpaired) electrons. The molecule has 3 rings (SSSR count). The van der Waals surface area contributed by atoms with Crippen LogP contribution in [0.1, 0.15) is 34.6 Å². The van der Waals surface area contributed by atoms with Crippen LogP contribution in [-0.4, -0.2) is 39.8 Å². The molecule has 1 heterocycles. The van der Waals surface area contributed by atoms with Crippen molar-refractivity contribution in [1.29, 1.82) is 0 Å². The number of amides is 1. The van der Waals surface area contributed by atoms with Crippen LogP contribution in [-0.2, 0) is 4.79 Å². The number of carbonyl (C=O) groups is 1. The summed E-state index contributed by atoms with van der Waals surface area (Å²) in [5.74, 6) is 0.147. The number of hydrogen-bond acceptors (Lipinski definition) is 7. The quantitative estimate of drug-likeness (QED) is 0.163. The Morgan fingerprint density at radius 1 is 1.08 bits per heavy atom. The highest BCUT2D eigenvalue weighted by Gasteiger charge is 2.16. The third kappa shape index (κ3) is 8.01. The molecule has 0 aliphatic carbocycles. The largest absolute Gasteiger partial charge is 0.395 e. The lowest BCUT2D eigenvalue weighted by molar-refractivity contribution is -0.114. The minimum atomic E-state index is -0.124. The molecular weight excluding hydrogens is 511 g/mol. The summed E-state index contributed by atoms with van der Waals surface area (Å²) >= 11 is 8.38. The van der Waals surface area contributed by atoms with Gasteiger partial charge in [0.15, 0.2) is 5.11 Å². The third-order valence-corrected chi connectivity index (χ3v) is 7.48. The Bertz CT molecular complexity index is 1180. The maximum absolute atomic E-state index is 11.6. The zero-order chi connectivity index (χ0) is 26.2.